The van der Waals surface area contributed by atoms with Crippen LogP contribution in [0.3, 0.4) is 0 Å². The van der Waals surface area contributed by atoms with Gasteiger partial charge >= 0.3 is 0 Å². The van der Waals surface area contributed by atoms with Crippen LogP contribution >= 0.6 is 24.0 Å². The number of rotatable bonds is 8. The van der Waals surface area contributed by atoms with Crippen LogP contribution in [0, 0.1) is 12.8 Å². The molecule has 0 bridgehead atoms. The van der Waals surface area contributed by atoms with Crippen LogP contribution in [0.2, 0.25) is 0 Å². The second kappa shape index (κ2) is 10.7. The van der Waals surface area contributed by atoms with Crippen molar-refractivity contribution in [2.75, 3.05) is 13.7 Å². The Kier molecular flexibility index (Phi) is 8.59. The molecule has 3 rings (SSSR count). The molecule has 0 spiro atoms. The second-order valence-electron chi connectivity index (χ2n) is 7.52. The molecule has 1 aliphatic carbocycles. The van der Waals surface area contributed by atoms with Gasteiger partial charge in [-0.15, -0.1) is 24.0 Å². The molecule has 7 heteroatoms. The smallest absolute Gasteiger partial charge is 0.191 e. The van der Waals surface area contributed by atoms with Gasteiger partial charge in [-0.05, 0) is 43.2 Å². The Labute approximate surface area is 184 Å². The van der Waals surface area contributed by atoms with Gasteiger partial charge in [-0.2, -0.15) is 0 Å². The molecule has 0 saturated heterocycles. The van der Waals surface area contributed by atoms with Crippen LogP contribution < -0.4 is 15.4 Å². The molecular weight excluding hydrogens is 467 g/mol. The van der Waals surface area contributed by atoms with E-state index in [0.29, 0.717) is 25.0 Å². The number of hydrogen-bond acceptors (Lipinski definition) is 4. The number of nitrogens with one attached hydrogen (secondary N) is 2. The third-order valence-corrected chi connectivity index (χ3v) is 4.66. The summed E-state index contributed by atoms with van der Waals surface area (Å²) in [6.07, 6.45) is 2.58. The number of benzene rings is 1. The van der Waals surface area contributed by atoms with Crippen LogP contribution in [-0.4, -0.2) is 24.8 Å². The molecule has 0 atom stereocenters. The fourth-order valence-corrected chi connectivity index (χ4v) is 2.69. The van der Waals surface area contributed by atoms with Crippen LogP contribution in [0.1, 0.15) is 55.2 Å². The highest BCUT2D eigenvalue weighted by molar-refractivity contribution is 14.0. The van der Waals surface area contributed by atoms with E-state index in [2.05, 4.69) is 59.8 Å². The number of halogens is 1. The molecule has 1 saturated carbocycles. The second-order valence-corrected chi connectivity index (χ2v) is 7.52. The summed E-state index contributed by atoms with van der Waals surface area (Å²) in [7, 11) is 1.76. The van der Waals surface area contributed by atoms with Crippen molar-refractivity contribution in [2.24, 2.45) is 10.9 Å². The third kappa shape index (κ3) is 6.68. The predicted octanol–water partition coefficient (Wildman–Crippen LogP) is 4.38. The van der Waals surface area contributed by atoms with E-state index in [1.807, 2.05) is 6.07 Å². The maximum Gasteiger partial charge on any atom is 0.191 e. The zero-order chi connectivity index (χ0) is 19.2. The van der Waals surface area contributed by atoms with Crippen LogP contribution in [-0.2, 0) is 13.1 Å². The lowest BCUT2D eigenvalue weighted by Crippen LogP contribution is -2.36. The van der Waals surface area contributed by atoms with Crippen molar-refractivity contribution in [3.8, 4) is 5.75 Å². The maximum absolute atomic E-state index is 6.04. The zero-order valence-corrected chi connectivity index (χ0v) is 19.4. The van der Waals surface area contributed by atoms with Crippen LogP contribution in [0.4, 0.5) is 0 Å². The van der Waals surface area contributed by atoms with E-state index < -0.39 is 0 Å². The Bertz CT molecular complexity index is 784. The van der Waals surface area contributed by atoms with Gasteiger partial charge in [0, 0.05) is 25.2 Å². The number of hydrogen-bond donors (Lipinski definition) is 2. The Balaban J connectivity index is 0.00000280. The zero-order valence-electron chi connectivity index (χ0n) is 17.1. The van der Waals surface area contributed by atoms with Gasteiger partial charge in [-0.3, -0.25) is 4.99 Å². The molecule has 1 aliphatic rings. The first kappa shape index (κ1) is 22.5. The van der Waals surface area contributed by atoms with E-state index in [1.165, 1.54) is 18.4 Å². The lowest BCUT2D eigenvalue weighted by molar-refractivity contribution is 0.296. The van der Waals surface area contributed by atoms with Gasteiger partial charge in [0.2, 0.25) is 0 Å². The number of aromatic nitrogens is 1. The molecule has 0 unspecified atom stereocenters. The molecule has 2 N–H and O–H groups in total. The van der Waals surface area contributed by atoms with E-state index in [1.54, 1.807) is 7.05 Å². The Morgan fingerprint density at radius 1 is 1.25 bits per heavy atom. The summed E-state index contributed by atoms with van der Waals surface area (Å²) >= 11 is 0. The highest BCUT2D eigenvalue weighted by Gasteiger charge is 2.22. The molecule has 0 aliphatic heterocycles. The lowest BCUT2D eigenvalue weighted by atomic mass is 10.1. The van der Waals surface area contributed by atoms with Crippen LogP contribution in [0.15, 0.2) is 33.8 Å². The Morgan fingerprint density at radius 3 is 2.64 bits per heavy atom. The maximum atomic E-state index is 6.04. The number of ether oxygens (including phenoxy) is 1. The summed E-state index contributed by atoms with van der Waals surface area (Å²) in [6.45, 7) is 8.28. The molecule has 0 amide bonds. The van der Waals surface area contributed by atoms with Crippen molar-refractivity contribution in [3.05, 3.63) is 46.8 Å². The summed E-state index contributed by atoms with van der Waals surface area (Å²) < 4.78 is 11.4. The Hall–Kier alpha value is -1.77. The molecule has 1 aromatic heterocycles. The van der Waals surface area contributed by atoms with Gasteiger partial charge in [-0.25, -0.2) is 0 Å². The summed E-state index contributed by atoms with van der Waals surface area (Å²) in [4.78, 5) is 4.28. The van der Waals surface area contributed by atoms with E-state index in [4.69, 9.17) is 9.26 Å². The summed E-state index contributed by atoms with van der Waals surface area (Å²) in [5.74, 6) is 3.56. The van der Waals surface area contributed by atoms with E-state index in [9.17, 15) is 0 Å². The van der Waals surface area contributed by atoms with Gasteiger partial charge in [0.15, 0.2) is 11.7 Å². The standard InChI is InChI=1S/C21H30N4O2.HI/c1-14(2)19-10-18(27-25-19)12-24-21(22-4)23-11-17-8-5-15(3)9-20(17)26-13-16-6-7-16;/h5,8-10,14,16H,6-7,11-13H2,1-4H3,(H2,22,23,24);1H. The lowest BCUT2D eigenvalue weighted by Gasteiger charge is -2.15. The number of guanidine groups is 1. The van der Waals surface area contributed by atoms with Gasteiger partial charge in [-0.1, -0.05) is 31.1 Å². The SMILES string of the molecule is CN=C(NCc1cc(C(C)C)no1)NCc1ccc(C)cc1OCC1CC1.I. The minimum Gasteiger partial charge on any atom is -0.493 e. The van der Waals surface area contributed by atoms with Crippen LogP contribution in [0.25, 0.3) is 0 Å². The fourth-order valence-electron chi connectivity index (χ4n) is 2.69. The molecule has 28 heavy (non-hydrogen) atoms. The molecular formula is C21H31IN4O2. The topological polar surface area (TPSA) is 71.7 Å². The Morgan fingerprint density at radius 2 is 2.00 bits per heavy atom. The summed E-state index contributed by atoms with van der Waals surface area (Å²) in [5.41, 5.74) is 3.30. The van der Waals surface area contributed by atoms with Gasteiger partial charge in [0.1, 0.15) is 5.75 Å². The van der Waals surface area contributed by atoms with Crippen molar-refractivity contribution in [3.63, 3.8) is 0 Å². The third-order valence-electron chi connectivity index (χ3n) is 4.66. The first-order valence-corrected chi connectivity index (χ1v) is 9.67. The average molecular weight is 498 g/mol. The first-order chi connectivity index (χ1) is 13.0. The largest absolute Gasteiger partial charge is 0.493 e. The van der Waals surface area contributed by atoms with E-state index in [0.717, 1.165) is 35.3 Å². The molecule has 2 aromatic rings. The van der Waals surface area contributed by atoms with Crippen molar-refractivity contribution in [1.82, 2.24) is 15.8 Å². The van der Waals surface area contributed by atoms with Crippen molar-refractivity contribution >= 4 is 29.9 Å². The normalized spacial score (nSPS) is 14.0. The number of aryl methyl sites for hydroxylation is 1. The molecule has 6 nitrogen and oxygen atoms in total. The number of aliphatic imine (C=N–C) groups is 1. The van der Waals surface area contributed by atoms with Gasteiger partial charge in [0.05, 0.1) is 18.8 Å². The van der Waals surface area contributed by atoms with Crippen molar-refractivity contribution in [1.29, 1.82) is 0 Å². The van der Waals surface area contributed by atoms with E-state index in [-0.39, 0.29) is 24.0 Å². The quantitative estimate of drug-likeness (QED) is 0.321. The minimum atomic E-state index is 0. The van der Waals surface area contributed by atoms with Crippen molar-refractivity contribution < 1.29 is 9.26 Å². The molecule has 154 valence electrons. The van der Waals surface area contributed by atoms with Gasteiger partial charge in [0.25, 0.3) is 0 Å². The first-order valence-electron chi connectivity index (χ1n) is 9.67. The molecule has 1 aromatic carbocycles. The van der Waals surface area contributed by atoms with Crippen molar-refractivity contribution in [2.45, 2.75) is 52.6 Å². The molecule has 0 radical (unpaired) electrons. The summed E-state index contributed by atoms with van der Waals surface area (Å²) in [6, 6.07) is 8.31. The van der Waals surface area contributed by atoms with Crippen LogP contribution in [0.5, 0.6) is 5.75 Å². The van der Waals surface area contributed by atoms with Gasteiger partial charge < -0.3 is 19.9 Å². The summed E-state index contributed by atoms with van der Waals surface area (Å²) in [5, 5.41) is 10.7. The molecule has 1 fully saturated rings. The highest BCUT2D eigenvalue weighted by atomic mass is 127. The fraction of sp³-hybridized carbons (Fsp3) is 0.524. The monoisotopic (exact) mass is 498 g/mol. The average Bonchev–Trinajstić information content (AvgIpc) is 3.36. The molecule has 1 heterocycles. The number of nitrogens with zero attached hydrogens (tertiary/aromatic N) is 2. The predicted molar refractivity (Wildman–Crippen MR) is 122 cm³/mol. The van der Waals surface area contributed by atoms with E-state index >= 15 is 0 Å². The highest BCUT2D eigenvalue weighted by Crippen LogP contribution is 2.30. The minimum absolute atomic E-state index is 0.